The Balaban J connectivity index is 1.86. The lowest BCUT2D eigenvalue weighted by atomic mass is 9.92. The molecule has 0 fully saturated rings. The summed E-state index contributed by atoms with van der Waals surface area (Å²) in [4.78, 5) is 2.40. The minimum absolute atomic E-state index is 0.252. The van der Waals surface area contributed by atoms with Crippen LogP contribution in [-0.4, -0.2) is 18.0 Å². The molecule has 0 radical (unpaired) electrons. The molecule has 3 rings (SSSR count). The van der Waals surface area contributed by atoms with Crippen molar-refractivity contribution in [1.29, 1.82) is 0 Å². The monoisotopic (exact) mass is 320 g/mol. The summed E-state index contributed by atoms with van der Waals surface area (Å²) < 4.78 is 0. The Morgan fingerprint density at radius 1 is 1.14 bits per heavy atom. The maximum atomic E-state index is 6.30. The molecule has 1 atom stereocenters. The quantitative estimate of drug-likeness (QED) is 0.924. The average Bonchev–Trinajstić information content (AvgIpc) is 2.49. The zero-order valence-corrected chi connectivity index (χ0v) is 13.2. The summed E-state index contributed by atoms with van der Waals surface area (Å²) in [7, 11) is 0. The Morgan fingerprint density at radius 3 is 2.71 bits per heavy atom. The summed E-state index contributed by atoms with van der Waals surface area (Å²) in [5.41, 5.74) is 9.88. The second kappa shape index (κ2) is 6.37. The average molecular weight is 321 g/mol. The molecule has 0 spiro atoms. The smallest absolute Gasteiger partial charge is 0.0476 e. The number of hydrogen-bond donors (Lipinski definition) is 1. The normalized spacial score (nSPS) is 18.5. The van der Waals surface area contributed by atoms with E-state index in [9.17, 15) is 0 Å². The third kappa shape index (κ3) is 3.09. The van der Waals surface area contributed by atoms with Crippen molar-refractivity contribution in [3.05, 3.63) is 69.2 Å². The fourth-order valence-electron chi connectivity index (χ4n) is 3.04. The Kier molecular flexibility index (Phi) is 4.51. The van der Waals surface area contributed by atoms with Gasteiger partial charge in [0.25, 0.3) is 0 Å². The standard InChI is InChI=1S/C17H18Cl2N2/c18-14-6-5-13(16(19)9-14)11-21-8-7-12-3-1-2-4-15(12)17(21)10-20/h1-6,9,17H,7-8,10-11,20H2. The summed E-state index contributed by atoms with van der Waals surface area (Å²) in [6.45, 7) is 2.41. The molecule has 1 aliphatic heterocycles. The van der Waals surface area contributed by atoms with Gasteiger partial charge in [-0.05, 0) is 35.2 Å². The first-order chi connectivity index (χ1) is 10.2. The van der Waals surface area contributed by atoms with E-state index in [0.29, 0.717) is 11.6 Å². The Labute approximate surface area is 135 Å². The van der Waals surface area contributed by atoms with Gasteiger partial charge in [-0.25, -0.2) is 0 Å². The van der Waals surface area contributed by atoms with Gasteiger partial charge in [-0.15, -0.1) is 0 Å². The van der Waals surface area contributed by atoms with Crippen molar-refractivity contribution >= 4 is 23.2 Å². The van der Waals surface area contributed by atoms with Gasteiger partial charge in [-0.2, -0.15) is 0 Å². The second-order valence-corrected chi connectivity index (χ2v) is 6.25. The topological polar surface area (TPSA) is 29.3 Å². The minimum atomic E-state index is 0.252. The molecular formula is C17H18Cl2N2. The SMILES string of the molecule is NCC1c2ccccc2CCN1Cc1ccc(Cl)cc1Cl. The van der Waals surface area contributed by atoms with E-state index >= 15 is 0 Å². The zero-order chi connectivity index (χ0) is 14.8. The highest BCUT2D eigenvalue weighted by molar-refractivity contribution is 6.35. The maximum absolute atomic E-state index is 6.30. The summed E-state index contributed by atoms with van der Waals surface area (Å²) in [6, 6.07) is 14.5. The predicted molar refractivity (Wildman–Crippen MR) is 88.8 cm³/mol. The predicted octanol–water partition coefficient (Wildman–Crippen LogP) is 4.05. The van der Waals surface area contributed by atoms with Crippen LogP contribution in [0.5, 0.6) is 0 Å². The summed E-state index contributed by atoms with van der Waals surface area (Å²) in [5, 5.41) is 1.39. The number of fused-ring (bicyclic) bond motifs is 1. The molecule has 0 saturated carbocycles. The fourth-order valence-corrected chi connectivity index (χ4v) is 3.51. The molecule has 1 aliphatic rings. The van der Waals surface area contributed by atoms with Crippen molar-refractivity contribution in [1.82, 2.24) is 4.90 Å². The second-order valence-electron chi connectivity index (χ2n) is 5.41. The molecule has 1 heterocycles. The van der Waals surface area contributed by atoms with Gasteiger partial charge in [-0.1, -0.05) is 53.5 Å². The van der Waals surface area contributed by atoms with Crippen LogP contribution in [0.4, 0.5) is 0 Å². The van der Waals surface area contributed by atoms with Crippen LogP contribution < -0.4 is 5.73 Å². The van der Waals surface area contributed by atoms with Crippen molar-refractivity contribution in [2.24, 2.45) is 5.73 Å². The lowest BCUT2D eigenvalue weighted by Crippen LogP contribution is -2.38. The highest BCUT2D eigenvalue weighted by Gasteiger charge is 2.26. The molecule has 2 N–H and O–H groups in total. The molecule has 4 heteroatoms. The highest BCUT2D eigenvalue weighted by Crippen LogP contribution is 2.31. The zero-order valence-electron chi connectivity index (χ0n) is 11.7. The molecule has 0 aromatic heterocycles. The van der Waals surface area contributed by atoms with Crippen molar-refractivity contribution in [2.45, 2.75) is 19.0 Å². The molecule has 2 nitrogen and oxygen atoms in total. The highest BCUT2D eigenvalue weighted by atomic mass is 35.5. The van der Waals surface area contributed by atoms with Gasteiger partial charge in [-0.3, -0.25) is 4.90 Å². The van der Waals surface area contributed by atoms with Crippen molar-refractivity contribution < 1.29 is 0 Å². The molecule has 2 aromatic rings. The summed E-state index contributed by atoms with van der Waals surface area (Å²) in [5.74, 6) is 0. The first-order valence-electron chi connectivity index (χ1n) is 7.15. The van der Waals surface area contributed by atoms with Crippen LogP contribution in [0.1, 0.15) is 22.7 Å². The van der Waals surface area contributed by atoms with Crippen molar-refractivity contribution in [3.8, 4) is 0 Å². The van der Waals surface area contributed by atoms with E-state index < -0.39 is 0 Å². The molecule has 1 unspecified atom stereocenters. The van der Waals surface area contributed by atoms with Gasteiger partial charge < -0.3 is 5.73 Å². The third-order valence-electron chi connectivity index (χ3n) is 4.14. The van der Waals surface area contributed by atoms with E-state index in [-0.39, 0.29) is 6.04 Å². The number of rotatable bonds is 3. The van der Waals surface area contributed by atoms with Gasteiger partial charge in [0.05, 0.1) is 0 Å². The van der Waals surface area contributed by atoms with Crippen LogP contribution in [0, 0.1) is 0 Å². The molecule has 0 bridgehead atoms. The number of nitrogens with zero attached hydrogens (tertiary/aromatic N) is 1. The van der Waals surface area contributed by atoms with Crippen LogP contribution in [0.15, 0.2) is 42.5 Å². The molecular weight excluding hydrogens is 303 g/mol. The van der Waals surface area contributed by atoms with Crippen LogP contribution in [-0.2, 0) is 13.0 Å². The van der Waals surface area contributed by atoms with Gasteiger partial charge in [0.15, 0.2) is 0 Å². The van der Waals surface area contributed by atoms with Gasteiger partial charge in [0.1, 0.15) is 0 Å². The number of hydrogen-bond acceptors (Lipinski definition) is 2. The number of nitrogens with two attached hydrogens (primary N) is 1. The van der Waals surface area contributed by atoms with Crippen LogP contribution in [0.3, 0.4) is 0 Å². The first-order valence-corrected chi connectivity index (χ1v) is 7.90. The fraction of sp³-hybridized carbons (Fsp3) is 0.294. The molecule has 110 valence electrons. The van der Waals surface area contributed by atoms with E-state index in [2.05, 4.69) is 29.2 Å². The van der Waals surface area contributed by atoms with Gasteiger partial charge in [0, 0.05) is 35.7 Å². The van der Waals surface area contributed by atoms with Crippen LogP contribution >= 0.6 is 23.2 Å². The minimum Gasteiger partial charge on any atom is -0.329 e. The van der Waals surface area contributed by atoms with Crippen LogP contribution in [0.25, 0.3) is 0 Å². The lowest BCUT2D eigenvalue weighted by Gasteiger charge is -2.37. The summed E-state index contributed by atoms with van der Waals surface area (Å²) in [6.07, 6.45) is 1.05. The summed E-state index contributed by atoms with van der Waals surface area (Å²) >= 11 is 12.3. The third-order valence-corrected chi connectivity index (χ3v) is 4.72. The molecule has 21 heavy (non-hydrogen) atoms. The van der Waals surface area contributed by atoms with E-state index in [0.717, 1.165) is 30.1 Å². The molecule has 2 aromatic carbocycles. The number of benzene rings is 2. The van der Waals surface area contributed by atoms with E-state index in [1.165, 1.54) is 11.1 Å². The van der Waals surface area contributed by atoms with Crippen molar-refractivity contribution in [3.63, 3.8) is 0 Å². The maximum Gasteiger partial charge on any atom is 0.0476 e. The number of halogens is 2. The van der Waals surface area contributed by atoms with E-state index in [1.54, 1.807) is 6.07 Å². The Hall–Kier alpha value is -1.06. The van der Waals surface area contributed by atoms with Gasteiger partial charge >= 0.3 is 0 Å². The molecule has 0 amide bonds. The van der Waals surface area contributed by atoms with E-state index in [4.69, 9.17) is 28.9 Å². The van der Waals surface area contributed by atoms with Gasteiger partial charge in [0.2, 0.25) is 0 Å². The van der Waals surface area contributed by atoms with Crippen molar-refractivity contribution in [2.75, 3.05) is 13.1 Å². The van der Waals surface area contributed by atoms with E-state index in [1.807, 2.05) is 12.1 Å². The largest absolute Gasteiger partial charge is 0.329 e. The molecule has 0 aliphatic carbocycles. The molecule has 0 saturated heterocycles. The lowest BCUT2D eigenvalue weighted by molar-refractivity contribution is 0.181. The Bertz CT molecular complexity index is 642. The Morgan fingerprint density at radius 2 is 1.95 bits per heavy atom. The van der Waals surface area contributed by atoms with Crippen LogP contribution in [0.2, 0.25) is 10.0 Å². The first kappa shape index (κ1) is 14.9.